The van der Waals surface area contributed by atoms with Crippen molar-refractivity contribution in [1.29, 1.82) is 0 Å². The summed E-state index contributed by atoms with van der Waals surface area (Å²) in [6.07, 6.45) is 3.62. The third-order valence-corrected chi connectivity index (χ3v) is 10.6. The average molecular weight is 1220 g/mol. The van der Waals surface area contributed by atoms with E-state index < -0.39 is 66.7 Å². The van der Waals surface area contributed by atoms with Crippen molar-refractivity contribution in [2.24, 2.45) is 0 Å². The molecule has 0 saturated carbocycles. The molecule has 0 saturated heterocycles. The van der Waals surface area contributed by atoms with Crippen LogP contribution in [-0.4, -0.2) is 104 Å². The van der Waals surface area contributed by atoms with Crippen LogP contribution in [0.15, 0.2) is 100 Å². The number of fused-ring (bicyclic) bond motifs is 3. The molecular formula is C55H57N3O29. The van der Waals surface area contributed by atoms with Crippen LogP contribution in [-0.2, 0) is 33.8 Å². The molecule has 0 radical (unpaired) electrons. The Morgan fingerprint density at radius 3 is 1.48 bits per heavy atom. The van der Waals surface area contributed by atoms with Crippen molar-refractivity contribution in [3.8, 4) is 40.8 Å². The van der Waals surface area contributed by atoms with Gasteiger partial charge in [0.25, 0.3) is 10.8 Å². The van der Waals surface area contributed by atoms with E-state index in [1.54, 1.807) is 53.7 Å². The van der Waals surface area contributed by atoms with Gasteiger partial charge in [0, 0.05) is 56.5 Å². The Labute approximate surface area is 489 Å². The van der Waals surface area contributed by atoms with Gasteiger partial charge in [0.2, 0.25) is 11.5 Å². The van der Waals surface area contributed by atoms with Crippen molar-refractivity contribution in [3.63, 3.8) is 0 Å². The van der Waals surface area contributed by atoms with Crippen LogP contribution in [0.2, 0.25) is 0 Å². The topological polar surface area (TPSA) is 466 Å². The molecule has 32 heteroatoms. The zero-order chi connectivity index (χ0) is 65.8. The number of nitro benzene ring substituents is 2. The Morgan fingerprint density at radius 1 is 0.586 bits per heavy atom. The number of hydrogen-bond acceptors (Lipinski definition) is 27. The Hall–Kier alpha value is -11.5. The lowest BCUT2D eigenvalue weighted by atomic mass is 10.1. The molecule has 0 aliphatic carbocycles. The summed E-state index contributed by atoms with van der Waals surface area (Å²) in [6.45, 7) is 16.4. The van der Waals surface area contributed by atoms with Gasteiger partial charge in [-0.2, -0.15) is 9.78 Å². The highest BCUT2D eigenvalue weighted by Crippen LogP contribution is 2.37. The second-order valence-corrected chi connectivity index (χ2v) is 16.3. The molecule has 3 aromatic heterocycles. The van der Waals surface area contributed by atoms with Crippen LogP contribution in [0.1, 0.15) is 87.9 Å². The number of phenols is 4. The van der Waals surface area contributed by atoms with Crippen molar-refractivity contribution in [3.05, 3.63) is 173 Å². The standard InChI is InChI=1S/C13H11NO7.C13H12O5.C12H9NO7.C10H16O5.C7H8O2.HNO3/c1-3-20-12(16)8-4-7-5-9(14(18)19)10(15)6(2)11(7)21-13(8)17;1-3-17-12(15)9-6-8-4-5-10(14)7(2)11(8)18-13(9)16;1-5-9-6(3-7(11(14)15)12(16)20-9)4-8(13(17)18)10(5)19-2;1-4-11-9-10(15-13-6-3)7-8-14-12-5-2;1-5-6(8)3-2-4-7(5)9;2-1(3)4/h4-5,15H,3H2,1-2H3;4-6,14H,3H2,1-2H3;3-4H,1-2H3,(H,14,15);9H,4-6H2,1-3H3;2-4,8-9H,1H3;(H,2,3,4)/b;;;10-9+;;. The maximum atomic E-state index is 11.7. The van der Waals surface area contributed by atoms with E-state index in [0.29, 0.717) is 36.3 Å². The number of ether oxygens (including phenoxy) is 4. The summed E-state index contributed by atoms with van der Waals surface area (Å²) in [5, 5.41) is 82.3. The normalized spacial score (nSPS) is 10.2. The van der Waals surface area contributed by atoms with Crippen LogP contribution in [0, 0.1) is 70.1 Å². The lowest BCUT2D eigenvalue weighted by Gasteiger charge is -2.08. The number of phenolic OH excluding ortho intramolecular Hbond substituents is 4. The highest BCUT2D eigenvalue weighted by atomic mass is 17.2. The van der Waals surface area contributed by atoms with Gasteiger partial charge in [-0.1, -0.05) is 6.07 Å². The van der Waals surface area contributed by atoms with Crippen LogP contribution < -0.4 is 21.6 Å². The third kappa shape index (κ3) is 20.7. The van der Waals surface area contributed by atoms with E-state index in [2.05, 4.69) is 21.8 Å². The summed E-state index contributed by atoms with van der Waals surface area (Å²) in [4.78, 5) is 116. The number of benzene rings is 4. The molecular weight excluding hydrogens is 1170 g/mol. The van der Waals surface area contributed by atoms with Crippen LogP contribution in [0.3, 0.4) is 0 Å². The van der Waals surface area contributed by atoms with Crippen LogP contribution in [0.25, 0.3) is 32.9 Å². The number of hydrogen-bond donors (Lipinski definition) is 6. The molecule has 0 spiro atoms. The number of carbonyl (C=O) groups is 3. The van der Waals surface area contributed by atoms with Crippen molar-refractivity contribution in [1.82, 2.24) is 0 Å². The van der Waals surface area contributed by atoms with Gasteiger partial charge in [0.1, 0.15) is 57.0 Å². The maximum Gasteiger partial charge on any atom is 0.351 e. The largest absolute Gasteiger partial charge is 0.508 e. The first-order valence-electron chi connectivity index (χ1n) is 24.9. The molecule has 466 valence electrons. The van der Waals surface area contributed by atoms with Crippen molar-refractivity contribution in [2.75, 3.05) is 40.1 Å². The minimum Gasteiger partial charge on any atom is -0.508 e. The molecule has 7 aromatic rings. The molecule has 4 aromatic carbocycles. The van der Waals surface area contributed by atoms with Gasteiger partial charge in [-0.15, -0.1) is 10.1 Å². The van der Waals surface area contributed by atoms with Gasteiger partial charge >= 0.3 is 46.2 Å². The quantitative estimate of drug-likeness (QED) is 0.00819. The molecule has 87 heavy (non-hydrogen) atoms. The minimum absolute atomic E-state index is 0.0175. The van der Waals surface area contributed by atoms with E-state index in [1.165, 1.54) is 51.5 Å². The molecule has 0 fully saturated rings. The van der Waals surface area contributed by atoms with E-state index in [4.69, 9.17) is 72.6 Å². The molecule has 0 aliphatic heterocycles. The van der Waals surface area contributed by atoms with E-state index in [1.807, 2.05) is 6.92 Å². The van der Waals surface area contributed by atoms with Crippen LogP contribution in [0.5, 0.6) is 28.7 Å². The minimum atomic E-state index is -1.50. The smallest absolute Gasteiger partial charge is 0.351 e. The first kappa shape index (κ1) is 71.6. The Morgan fingerprint density at radius 2 is 1.03 bits per heavy atom. The highest BCUT2D eigenvalue weighted by Gasteiger charge is 2.25. The van der Waals surface area contributed by atoms with E-state index >= 15 is 0 Å². The molecule has 6 N–H and O–H groups in total. The summed E-state index contributed by atoms with van der Waals surface area (Å²) >= 11 is 0. The number of aryl methyl sites for hydroxylation is 3. The molecule has 3 heterocycles. The first-order chi connectivity index (χ1) is 41.1. The Bertz CT molecular complexity index is 3880. The lowest BCUT2D eigenvalue weighted by molar-refractivity contribution is -0.742. The number of aromatic carboxylic acids is 1. The molecule has 0 aliphatic rings. The number of esters is 2. The number of carboxylic acid groups (broad SMARTS) is 1. The molecule has 0 bridgehead atoms. The summed E-state index contributed by atoms with van der Waals surface area (Å²) in [7, 11) is 1.25. The van der Waals surface area contributed by atoms with Crippen LogP contribution >= 0.6 is 0 Å². The van der Waals surface area contributed by atoms with Gasteiger partial charge in [0.05, 0.1) is 50.0 Å². The SMILES string of the molecule is CCO/C=C(\C#COOCC)OOCC.CCOC(=O)c1cc2cc([N+](=O)[O-])c(O)c(C)c2oc1=O.CCOC(=O)c1cc2ccc(O)c(C)c2oc1=O.COc1c([N+](=O)[O-])cc2cc(C(=O)O)c(=O)oc2c1C.Cc1c(O)cccc1O.O=[N+]([O-])O. The number of carboxylic acids is 1. The third-order valence-electron chi connectivity index (χ3n) is 10.6. The Balaban J connectivity index is 0.000000372. The number of aromatic hydroxyl groups is 4. The first-order valence-corrected chi connectivity index (χ1v) is 24.9. The van der Waals surface area contributed by atoms with Gasteiger partial charge in [-0.25, -0.2) is 28.8 Å². The molecule has 32 nitrogen and oxygen atoms in total. The van der Waals surface area contributed by atoms with Gasteiger partial charge in [0.15, 0.2) is 6.11 Å². The van der Waals surface area contributed by atoms with E-state index in [9.17, 15) is 59.2 Å². The van der Waals surface area contributed by atoms with E-state index in [-0.39, 0.29) is 97.4 Å². The summed E-state index contributed by atoms with van der Waals surface area (Å²) < 4.78 is 34.3. The zero-order valence-corrected chi connectivity index (χ0v) is 47.8. The number of nitro groups is 2. The van der Waals surface area contributed by atoms with Crippen molar-refractivity contribution in [2.45, 2.75) is 62.3 Å². The van der Waals surface area contributed by atoms with Gasteiger partial charge in [-0.3, -0.25) is 25.1 Å². The molecule has 0 amide bonds. The maximum absolute atomic E-state index is 11.7. The second-order valence-electron chi connectivity index (χ2n) is 16.3. The fourth-order valence-electron chi connectivity index (χ4n) is 6.62. The second kappa shape index (κ2) is 34.9. The summed E-state index contributed by atoms with van der Waals surface area (Å²) in [5.41, 5.74) is -3.08. The fraction of sp³-hybridized carbons (Fsp3) is 0.273. The van der Waals surface area contributed by atoms with Gasteiger partial charge in [-0.05, 0) is 105 Å². The van der Waals surface area contributed by atoms with Crippen molar-refractivity contribution >= 4 is 62.2 Å². The summed E-state index contributed by atoms with van der Waals surface area (Å²) in [6, 6.07) is 13.5. The lowest BCUT2D eigenvalue weighted by Crippen LogP contribution is -2.16. The highest BCUT2D eigenvalue weighted by molar-refractivity contribution is 5.96. The number of nitrogens with zero attached hydrogens (tertiary/aromatic N) is 3. The van der Waals surface area contributed by atoms with E-state index in [0.717, 1.165) is 24.3 Å². The number of methoxy groups -OCH3 is 1. The fourth-order valence-corrected chi connectivity index (χ4v) is 6.62. The molecule has 0 unspecified atom stereocenters. The predicted octanol–water partition coefficient (Wildman–Crippen LogP) is 8.41. The Kier molecular flexibility index (Phi) is 28.7. The molecule has 0 atom stereocenters. The van der Waals surface area contributed by atoms with Crippen LogP contribution in [0.4, 0.5) is 11.4 Å². The monoisotopic (exact) mass is 1220 g/mol. The molecule has 7 rings (SSSR count). The zero-order valence-electron chi connectivity index (χ0n) is 47.8. The van der Waals surface area contributed by atoms with Gasteiger partial charge < -0.3 is 67.8 Å². The van der Waals surface area contributed by atoms with Crippen molar-refractivity contribution < 1.29 is 112 Å². The predicted molar refractivity (Wildman–Crippen MR) is 300 cm³/mol. The number of allylic oxidation sites excluding steroid dienone is 1. The summed E-state index contributed by atoms with van der Waals surface area (Å²) in [5.74, 6) is -0.620. The average Bonchev–Trinajstić information content (AvgIpc) is 1.42. The number of carbonyl (C=O) groups excluding carboxylic acids is 2. The number of rotatable bonds is 15.